The van der Waals surface area contributed by atoms with Gasteiger partial charge in [-0.05, 0) is 42.7 Å². The number of fused-ring (bicyclic) bond motifs is 1. The molecule has 0 saturated carbocycles. The lowest BCUT2D eigenvalue weighted by atomic mass is 10.1. The van der Waals surface area contributed by atoms with Crippen LogP contribution in [0.1, 0.15) is 49.5 Å². The first-order valence-electron chi connectivity index (χ1n) is 12.2. The van der Waals surface area contributed by atoms with Crippen LogP contribution in [0.5, 0.6) is 5.75 Å². The Balaban J connectivity index is 1.93. The number of ether oxygens (including phenoxy) is 1. The van der Waals surface area contributed by atoms with Gasteiger partial charge in [0.15, 0.2) is 0 Å². The minimum absolute atomic E-state index is 0.215. The van der Waals surface area contributed by atoms with Crippen molar-refractivity contribution in [2.75, 3.05) is 13.7 Å². The van der Waals surface area contributed by atoms with Crippen molar-refractivity contribution >= 4 is 28.4 Å². The summed E-state index contributed by atoms with van der Waals surface area (Å²) in [6.07, 6.45) is 1.27. The second-order valence-corrected chi connectivity index (χ2v) is 8.96. The number of aromatic nitrogens is 2. The van der Waals surface area contributed by atoms with Gasteiger partial charge in [-0.3, -0.25) is 14.2 Å². The van der Waals surface area contributed by atoms with Crippen LogP contribution in [-0.2, 0) is 4.79 Å². The van der Waals surface area contributed by atoms with Crippen molar-refractivity contribution in [2.45, 2.75) is 38.1 Å². The number of carbonyl (C=O) groups excluding carboxylic acids is 1. The summed E-state index contributed by atoms with van der Waals surface area (Å²) in [5, 5.41) is -0.353. The quantitative estimate of drug-likeness (QED) is 0.260. The Bertz CT molecular complexity index is 1400. The molecule has 0 fully saturated rings. The summed E-state index contributed by atoms with van der Waals surface area (Å²) in [7, 11) is 1.57. The van der Waals surface area contributed by atoms with Crippen molar-refractivity contribution in [1.29, 1.82) is 0 Å². The van der Waals surface area contributed by atoms with Crippen molar-refractivity contribution in [2.24, 2.45) is 0 Å². The zero-order valence-electron chi connectivity index (χ0n) is 20.7. The number of methoxy groups -OCH3 is 1. The Hall–Kier alpha value is -3.64. The Morgan fingerprint density at radius 2 is 1.67 bits per heavy atom. The van der Waals surface area contributed by atoms with Crippen LogP contribution in [0.25, 0.3) is 16.6 Å². The van der Waals surface area contributed by atoms with Crippen molar-refractivity contribution in [3.8, 4) is 11.4 Å². The first-order valence-corrected chi connectivity index (χ1v) is 12.6. The molecule has 1 heterocycles. The van der Waals surface area contributed by atoms with E-state index in [9.17, 15) is 9.59 Å². The Morgan fingerprint density at radius 3 is 2.36 bits per heavy atom. The van der Waals surface area contributed by atoms with E-state index in [-0.39, 0.29) is 11.5 Å². The van der Waals surface area contributed by atoms with Gasteiger partial charge in [0.25, 0.3) is 5.56 Å². The first kappa shape index (κ1) is 25.5. The lowest BCUT2D eigenvalue weighted by Crippen LogP contribution is -2.40. The first-order chi connectivity index (χ1) is 17.5. The van der Waals surface area contributed by atoms with E-state index in [1.165, 1.54) is 0 Å². The molecule has 36 heavy (non-hydrogen) atoms. The highest BCUT2D eigenvalue weighted by molar-refractivity contribution is 6.30. The van der Waals surface area contributed by atoms with E-state index in [0.717, 1.165) is 12.0 Å². The van der Waals surface area contributed by atoms with Crippen molar-refractivity contribution in [3.05, 3.63) is 101 Å². The Morgan fingerprint density at radius 1 is 1.00 bits per heavy atom. The molecule has 0 bridgehead atoms. The maximum absolute atomic E-state index is 13.9. The molecule has 0 spiro atoms. The molecule has 4 rings (SSSR count). The van der Waals surface area contributed by atoms with Crippen LogP contribution < -0.4 is 10.3 Å². The molecule has 1 amide bonds. The van der Waals surface area contributed by atoms with Crippen LogP contribution in [0.3, 0.4) is 0 Å². The zero-order chi connectivity index (χ0) is 25.7. The minimum atomic E-state index is -0.848. The highest BCUT2D eigenvalue weighted by atomic mass is 35.5. The second-order valence-electron chi connectivity index (χ2n) is 8.53. The molecule has 4 aromatic rings. The Labute approximate surface area is 216 Å². The van der Waals surface area contributed by atoms with E-state index in [4.69, 9.17) is 21.3 Å². The van der Waals surface area contributed by atoms with Crippen LogP contribution in [0.2, 0.25) is 0 Å². The average Bonchev–Trinajstić information content (AvgIpc) is 2.93. The number of nitrogens with zero attached hydrogens (tertiary/aromatic N) is 3. The zero-order valence-corrected chi connectivity index (χ0v) is 21.5. The predicted octanol–water partition coefficient (Wildman–Crippen LogP) is 6.06. The monoisotopic (exact) mass is 503 g/mol. The van der Waals surface area contributed by atoms with Gasteiger partial charge in [0.1, 0.15) is 17.0 Å². The summed E-state index contributed by atoms with van der Waals surface area (Å²) < 4.78 is 7.18. The van der Waals surface area contributed by atoms with Gasteiger partial charge in [0.2, 0.25) is 5.91 Å². The SMILES string of the molecule is CCCN(C(=O)C(Cl)c1ccccc1)C(CC)c1nc2ccccc2c(=O)n1-c1ccccc1OC. The fourth-order valence-corrected chi connectivity index (χ4v) is 4.80. The standard InChI is InChI=1S/C29H30ClN3O3/c1-4-19-32(29(35)26(30)20-13-7-6-8-14-20)23(5-2)27-31-22-16-10-9-15-21(22)28(34)33(27)24-17-11-12-18-25(24)36-3/h6-18,23,26H,4-5,19H2,1-3H3. The van der Waals surface area contributed by atoms with Gasteiger partial charge < -0.3 is 9.64 Å². The summed E-state index contributed by atoms with van der Waals surface area (Å²) >= 11 is 6.71. The van der Waals surface area contributed by atoms with E-state index in [1.807, 2.05) is 80.6 Å². The molecular weight excluding hydrogens is 474 g/mol. The normalized spacial score (nSPS) is 12.8. The molecular formula is C29H30ClN3O3. The lowest BCUT2D eigenvalue weighted by Gasteiger charge is -2.33. The van der Waals surface area contributed by atoms with Gasteiger partial charge >= 0.3 is 0 Å². The van der Waals surface area contributed by atoms with Crippen molar-refractivity contribution in [3.63, 3.8) is 0 Å². The van der Waals surface area contributed by atoms with Crippen LogP contribution in [0, 0.1) is 0 Å². The fraction of sp³-hybridized carbons (Fsp3) is 0.276. The number of rotatable bonds is 9. The number of para-hydroxylation sites is 3. The van der Waals surface area contributed by atoms with Crippen LogP contribution >= 0.6 is 11.6 Å². The maximum Gasteiger partial charge on any atom is 0.266 e. The van der Waals surface area contributed by atoms with Gasteiger partial charge in [-0.15, -0.1) is 11.6 Å². The van der Waals surface area contributed by atoms with Crippen LogP contribution in [0.4, 0.5) is 0 Å². The molecule has 7 heteroatoms. The molecule has 2 atom stereocenters. The van der Waals surface area contributed by atoms with E-state index in [1.54, 1.807) is 28.7 Å². The molecule has 0 aliphatic heterocycles. The number of hydrogen-bond donors (Lipinski definition) is 0. The molecule has 2 unspecified atom stereocenters. The molecule has 1 aromatic heterocycles. The molecule has 0 aliphatic rings. The molecule has 186 valence electrons. The van der Waals surface area contributed by atoms with Gasteiger partial charge in [0, 0.05) is 6.54 Å². The highest BCUT2D eigenvalue weighted by Crippen LogP contribution is 2.33. The fourth-order valence-electron chi connectivity index (χ4n) is 4.53. The van der Waals surface area contributed by atoms with Crippen molar-refractivity contribution < 1.29 is 9.53 Å². The van der Waals surface area contributed by atoms with Crippen molar-refractivity contribution in [1.82, 2.24) is 14.5 Å². The van der Waals surface area contributed by atoms with Crippen LogP contribution in [0.15, 0.2) is 83.7 Å². The Kier molecular flexibility index (Phi) is 8.06. The van der Waals surface area contributed by atoms with E-state index >= 15 is 0 Å². The number of halogens is 1. The third-order valence-electron chi connectivity index (χ3n) is 6.25. The average molecular weight is 504 g/mol. The number of amides is 1. The summed E-state index contributed by atoms with van der Waals surface area (Å²) in [5.41, 5.74) is 1.67. The summed E-state index contributed by atoms with van der Waals surface area (Å²) in [5.74, 6) is 0.802. The van der Waals surface area contributed by atoms with Gasteiger partial charge in [0.05, 0.1) is 29.7 Å². The van der Waals surface area contributed by atoms with E-state index in [2.05, 4.69) is 0 Å². The number of hydrogen-bond acceptors (Lipinski definition) is 4. The van der Waals surface area contributed by atoms with Gasteiger partial charge in [-0.1, -0.05) is 68.4 Å². The molecule has 0 radical (unpaired) electrons. The summed E-state index contributed by atoms with van der Waals surface area (Å²) in [6.45, 7) is 4.47. The molecule has 6 nitrogen and oxygen atoms in total. The molecule has 0 aliphatic carbocycles. The predicted molar refractivity (Wildman–Crippen MR) is 144 cm³/mol. The largest absolute Gasteiger partial charge is 0.495 e. The van der Waals surface area contributed by atoms with Crippen LogP contribution in [-0.4, -0.2) is 34.0 Å². The summed E-state index contributed by atoms with van der Waals surface area (Å²) in [6, 6.07) is 23.4. The second kappa shape index (κ2) is 11.4. The van der Waals surface area contributed by atoms with E-state index < -0.39 is 11.4 Å². The van der Waals surface area contributed by atoms with E-state index in [0.29, 0.717) is 41.1 Å². The topological polar surface area (TPSA) is 64.4 Å². The third-order valence-corrected chi connectivity index (χ3v) is 6.68. The molecule has 3 aromatic carbocycles. The number of benzene rings is 3. The third kappa shape index (κ3) is 4.86. The highest BCUT2D eigenvalue weighted by Gasteiger charge is 2.32. The maximum atomic E-state index is 13.9. The number of carbonyl (C=O) groups is 1. The smallest absolute Gasteiger partial charge is 0.266 e. The number of alkyl halides is 1. The van der Waals surface area contributed by atoms with Gasteiger partial charge in [-0.25, -0.2) is 4.98 Å². The minimum Gasteiger partial charge on any atom is -0.495 e. The summed E-state index contributed by atoms with van der Waals surface area (Å²) in [4.78, 5) is 34.4. The molecule has 0 N–H and O–H groups in total. The lowest BCUT2D eigenvalue weighted by molar-refractivity contribution is -0.133. The van der Waals surface area contributed by atoms with Gasteiger partial charge in [-0.2, -0.15) is 0 Å². The molecule has 0 saturated heterocycles.